The second kappa shape index (κ2) is 4.54. The van der Waals surface area contributed by atoms with E-state index < -0.39 is 5.91 Å². The van der Waals surface area contributed by atoms with E-state index in [0.717, 1.165) is 5.56 Å². The molecule has 2 rings (SSSR count). The van der Waals surface area contributed by atoms with Crippen molar-refractivity contribution < 1.29 is 4.39 Å². The first-order valence-corrected chi connectivity index (χ1v) is 5.39. The Hall–Kier alpha value is -1.21. The Balaban J connectivity index is 2.12. The van der Waals surface area contributed by atoms with Crippen LogP contribution >= 0.6 is 9.24 Å². The fourth-order valence-electron chi connectivity index (χ4n) is 1.38. The molecule has 2 aromatic rings. The molecule has 2 unspecified atom stereocenters. The monoisotopic (exact) mass is 222 g/mol. The number of alkyl halides is 1. The summed E-state index contributed by atoms with van der Waals surface area (Å²) in [4.78, 5) is 0. The fourth-order valence-corrected chi connectivity index (χ4v) is 1.56. The van der Waals surface area contributed by atoms with E-state index in [-0.39, 0.29) is 0 Å². The lowest BCUT2D eigenvalue weighted by Crippen LogP contribution is -2.00. The van der Waals surface area contributed by atoms with Crippen LogP contribution in [0.2, 0.25) is 0 Å². The minimum Gasteiger partial charge on any atom is -0.268 e. The van der Waals surface area contributed by atoms with Crippen molar-refractivity contribution in [2.45, 2.75) is 12.5 Å². The molecule has 0 aliphatic carbocycles. The molecule has 1 aromatic heterocycles. The van der Waals surface area contributed by atoms with Gasteiger partial charge in [-0.25, -0.2) is 4.39 Å². The maximum atomic E-state index is 12.9. The Morgan fingerprint density at radius 2 is 2.00 bits per heavy atom. The zero-order valence-corrected chi connectivity index (χ0v) is 9.33. The van der Waals surface area contributed by atoms with E-state index in [9.17, 15) is 4.39 Å². The number of hydrogen-bond donors (Lipinski definition) is 0. The standard InChI is InChI=1S/C11H12FN2P/c12-11(15)10-6-7-14(13-10)8-9-4-2-1-3-5-9/h1-7,11H,8,15H2. The first kappa shape index (κ1) is 10.3. The van der Waals surface area contributed by atoms with Gasteiger partial charge in [0.25, 0.3) is 0 Å². The first-order chi connectivity index (χ1) is 7.25. The summed E-state index contributed by atoms with van der Waals surface area (Å²) in [6, 6.07) is 11.7. The predicted molar refractivity (Wildman–Crippen MR) is 61.3 cm³/mol. The number of rotatable bonds is 3. The Labute approximate surface area is 90.3 Å². The van der Waals surface area contributed by atoms with Gasteiger partial charge < -0.3 is 0 Å². The van der Waals surface area contributed by atoms with Crippen LogP contribution in [-0.4, -0.2) is 9.78 Å². The highest BCUT2D eigenvalue weighted by Gasteiger charge is 2.06. The van der Waals surface area contributed by atoms with Crippen LogP contribution in [0, 0.1) is 0 Å². The third-order valence-corrected chi connectivity index (χ3v) is 2.47. The third-order valence-electron chi connectivity index (χ3n) is 2.13. The summed E-state index contributed by atoms with van der Waals surface area (Å²) >= 11 is 0. The average molecular weight is 222 g/mol. The molecule has 15 heavy (non-hydrogen) atoms. The van der Waals surface area contributed by atoms with Crippen molar-refractivity contribution in [1.82, 2.24) is 9.78 Å². The van der Waals surface area contributed by atoms with Crippen molar-refractivity contribution >= 4 is 9.24 Å². The summed E-state index contributed by atoms with van der Waals surface area (Å²) in [5.74, 6) is -1.08. The molecular weight excluding hydrogens is 210 g/mol. The Kier molecular flexibility index (Phi) is 3.12. The van der Waals surface area contributed by atoms with Crippen molar-refractivity contribution in [1.29, 1.82) is 0 Å². The maximum absolute atomic E-state index is 12.9. The number of benzene rings is 1. The smallest absolute Gasteiger partial charge is 0.156 e. The molecule has 4 heteroatoms. The fraction of sp³-hybridized carbons (Fsp3) is 0.182. The Morgan fingerprint density at radius 1 is 1.27 bits per heavy atom. The topological polar surface area (TPSA) is 17.8 Å². The Morgan fingerprint density at radius 3 is 2.60 bits per heavy atom. The van der Waals surface area contributed by atoms with E-state index in [1.807, 2.05) is 30.3 Å². The predicted octanol–water partition coefficient (Wildman–Crippen LogP) is 2.77. The maximum Gasteiger partial charge on any atom is 0.156 e. The summed E-state index contributed by atoms with van der Waals surface area (Å²) in [5, 5.41) is 4.13. The molecule has 78 valence electrons. The molecule has 2 atom stereocenters. The van der Waals surface area contributed by atoms with Crippen LogP contribution < -0.4 is 0 Å². The number of halogens is 1. The molecule has 0 aliphatic rings. The van der Waals surface area contributed by atoms with E-state index in [0.29, 0.717) is 12.2 Å². The highest BCUT2D eigenvalue weighted by Crippen LogP contribution is 2.21. The van der Waals surface area contributed by atoms with Crippen LogP contribution in [0.5, 0.6) is 0 Å². The van der Waals surface area contributed by atoms with Gasteiger partial charge in [-0.2, -0.15) is 5.10 Å². The van der Waals surface area contributed by atoms with Gasteiger partial charge in [-0.05, 0) is 11.6 Å². The van der Waals surface area contributed by atoms with E-state index >= 15 is 0 Å². The Bertz CT molecular complexity index is 425. The van der Waals surface area contributed by atoms with Gasteiger partial charge in [0.05, 0.1) is 6.54 Å². The molecular formula is C11H12FN2P. The van der Waals surface area contributed by atoms with E-state index in [1.54, 1.807) is 16.9 Å². The van der Waals surface area contributed by atoms with Gasteiger partial charge in [-0.3, -0.25) is 4.68 Å². The van der Waals surface area contributed by atoms with Crippen molar-refractivity contribution in [2.75, 3.05) is 0 Å². The van der Waals surface area contributed by atoms with Gasteiger partial charge in [0.2, 0.25) is 0 Å². The van der Waals surface area contributed by atoms with E-state index in [2.05, 4.69) is 14.3 Å². The van der Waals surface area contributed by atoms with Crippen molar-refractivity contribution in [3.8, 4) is 0 Å². The van der Waals surface area contributed by atoms with Gasteiger partial charge in [-0.15, -0.1) is 0 Å². The molecule has 2 nitrogen and oxygen atoms in total. The molecule has 0 N–H and O–H groups in total. The second-order valence-corrected chi connectivity index (χ2v) is 3.91. The van der Waals surface area contributed by atoms with Crippen LogP contribution in [0.25, 0.3) is 0 Å². The second-order valence-electron chi connectivity index (χ2n) is 3.33. The molecule has 0 spiro atoms. The van der Waals surface area contributed by atoms with Crippen LogP contribution in [0.4, 0.5) is 4.39 Å². The lowest BCUT2D eigenvalue weighted by molar-refractivity contribution is 0.454. The molecule has 0 amide bonds. The van der Waals surface area contributed by atoms with Crippen LogP contribution in [-0.2, 0) is 6.54 Å². The molecule has 1 heterocycles. The van der Waals surface area contributed by atoms with Gasteiger partial charge in [0.1, 0.15) is 5.69 Å². The van der Waals surface area contributed by atoms with E-state index in [1.165, 1.54) is 0 Å². The van der Waals surface area contributed by atoms with Gasteiger partial charge in [0.15, 0.2) is 5.91 Å². The summed E-state index contributed by atoms with van der Waals surface area (Å²) in [6.07, 6.45) is 1.79. The van der Waals surface area contributed by atoms with Crippen LogP contribution in [0.15, 0.2) is 42.6 Å². The van der Waals surface area contributed by atoms with Gasteiger partial charge in [0, 0.05) is 6.20 Å². The van der Waals surface area contributed by atoms with Crippen LogP contribution in [0.3, 0.4) is 0 Å². The highest BCUT2D eigenvalue weighted by molar-refractivity contribution is 7.16. The average Bonchev–Trinajstić information content (AvgIpc) is 2.68. The zero-order chi connectivity index (χ0) is 10.7. The van der Waals surface area contributed by atoms with Gasteiger partial charge in [-0.1, -0.05) is 39.6 Å². The SMILES string of the molecule is FC(P)c1ccn(Cc2ccccc2)n1. The summed E-state index contributed by atoms with van der Waals surface area (Å²) in [7, 11) is 2.09. The zero-order valence-electron chi connectivity index (χ0n) is 8.18. The van der Waals surface area contributed by atoms with Crippen LogP contribution in [0.1, 0.15) is 17.2 Å². The molecule has 0 aliphatic heterocycles. The first-order valence-electron chi connectivity index (χ1n) is 4.72. The molecule has 0 saturated carbocycles. The minimum absolute atomic E-state index is 0.455. The number of aromatic nitrogens is 2. The molecule has 0 radical (unpaired) electrons. The lowest BCUT2D eigenvalue weighted by Gasteiger charge is -2.01. The minimum atomic E-state index is -1.08. The normalized spacial score (nSPS) is 12.7. The molecule has 0 bridgehead atoms. The molecule has 0 saturated heterocycles. The summed E-state index contributed by atoms with van der Waals surface area (Å²) in [6.45, 7) is 0.679. The molecule has 1 aromatic carbocycles. The van der Waals surface area contributed by atoms with E-state index in [4.69, 9.17) is 0 Å². The third kappa shape index (κ3) is 2.63. The summed E-state index contributed by atoms with van der Waals surface area (Å²) in [5.41, 5.74) is 1.61. The van der Waals surface area contributed by atoms with Crippen molar-refractivity contribution in [3.05, 3.63) is 53.9 Å². The highest BCUT2D eigenvalue weighted by atomic mass is 31.0. The number of hydrogen-bond acceptors (Lipinski definition) is 1. The largest absolute Gasteiger partial charge is 0.268 e. The molecule has 0 fully saturated rings. The number of nitrogens with zero attached hydrogens (tertiary/aromatic N) is 2. The summed E-state index contributed by atoms with van der Waals surface area (Å²) < 4.78 is 14.6. The van der Waals surface area contributed by atoms with Crippen molar-refractivity contribution in [2.24, 2.45) is 0 Å². The van der Waals surface area contributed by atoms with Gasteiger partial charge >= 0.3 is 0 Å². The quantitative estimate of drug-likeness (QED) is 0.730. The van der Waals surface area contributed by atoms with Crippen molar-refractivity contribution in [3.63, 3.8) is 0 Å². The lowest BCUT2D eigenvalue weighted by atomic mass is 10.2.